The van der Waals surface area contributed by atoms with E-state index in [4.69, 9.17) is 10.5 Å². The Bertz CT molecular complexity index is 641. The lowest BCUT2D eigenvalue weighted by Gasteiger charge is -2.23. The van der Waals surface area contributed by atoms with Gasteiger partial charge >= 0.3 is 0 Å². The van der Waals surface area contributed by atoms with Crippen LogP contribution in [0.2, 0.25) is 0 Å². The number of benzene rings is 2. The maximum Gasteiger partial charge on any atom is 0.254 e. The fraction of sp³-hybridized carbons (Fsp3) is 0.316. The highest BCUT2D eigenvalue weighted by Crippen LogP contribution is 2.18. The first-order valence-electron chi connectivity index (χ1n) is 7.83. The van der Waals surface area contributed by atoms with Gasteiger partial charge in [0.05, 0.1) is 7.11 Å². The summed E-state index contributed by atoms with van der Waals surface area (Å²) in [4.78, 5) is 14.6. The Morgan fingerprint density at radius 1 is 1.13 bits per heavy atom. The van der Waals surface area contributed by atoms with E-state index in [0.29, 0.717) is 25.2 Å². The van der Waals surface area contributed by atoms with Crippen LogP contribution in [0.3, 0.4) is 0 Å². The highest BCUT2D eigenvalue weighted by Gasteiger charge is 2.17. The average Bonchev–Trinajstić information content (AvgIpc) is 2.58. The molecule has 0 radical (unpaired) electrons. The van der Waals surface area contributed by atoms with E-state index in [1.807, 2.05) is 48.2 Å². The van der Waals surface area contributed by atoms with E-state index in [9.17, 15) is 4.79 Å². The standard InChI is InChI=1S/C19H24N2O2/c1-15-14-17(23-2)8-9-18(15)19(22)21(13-11-20)12-10-16-6-4-3-5-7-16/h3-9,14H,10-13,20H2,1-2H3. The molecular weight excluding hydrogens is 288 g/mol. The molecule has 0 unspecified atom stereocenters. The van der Waals surface area contributed by atoms with Gasteiger partial charge in [0.25, 0.3) is 5.91 Å². The Morgan fingerprint density at radius 3 is 2.48 bits per heavy atom. The van der Waals surface area contributed by atoms with Crippen LogP contribution in [0.5, 0.6) is 5.75 Å². The summed E-state index contributed by atoms with van der Waals surface area (Å²) >= 11 is 0. The monoisotopic (exact) mass is 312 g/mol. The summed E-state index contributed by atoms with van der Waals surface area (Å²) in [7, 11) is 1.62. The first-order chi connectivity index (χ1) is 11.2. The van der Waals surface area contributed by atoms with Crippen molar-refractivity contribution >= 4 is 5.91 Å². The Kier molecular flexibility index (Phi) is 6.18. The zero-order valence-electron chi connectivity index (χ0n) is 13.8. The molecule has 0 fully saturated rings. The van der Waals surface area contributed by atoms with E-state index in [0.717, 1.165) is 17.7 Å². The van der Waals surface area contributed by atoms with Crippen LogP contribution in [0, 0.1) is 6.92 Å². The summed E-state index contributed by atoms with van der Waals surface area (Å²) in [5.74, 6) is 0.778. The minimum Gasteiger partial charge on any atom is -0.497 e. The molecule has 2 aromatic carbocycles. The average molecular weight is 312 g/mol. The van der Waals surface area contributed by atoms with Crippen molar-refractivity contribution < 1.29 is 9.53 Å². The largest absolute Gasteiger partial charge is 0.497 e. The summed E-state index contributed by atoms with van der Waals surface area (Å²) in [6.45, 7) is 3.59. The Hall–Kier alpha value is -2.33. The third-order valence-corrected chi connectivity index (χ3v) is 3.86. The second kappa shape index (κ2) is 8.34. The number of methoxy groups -OCH3 is 1. The molecule has 2 aromatic rings. The molecule has 4 heteroatoms. The minimum absolute atomic E-state index is 0.0199. The zero-order valence-corrected chi connectivity index (χ0v) is 13.8. The number of ether oxygens (including phenoxy) is 1. The Morgan fingerprint density at radius 2 is 1.87 bits per heavy atom. The van der Waals surface area contributed by atoms with Crippen molar-refractivity contribution in [2.45, 2.75) is 13.3 Å². The molecule has 2 N–H and O–H groups in total. The van der Waals surface area contributed by atoms with Crippen molar-refractivity contribution in [2.75, 3.05) is 26.7 Å². The van der Waals surface area contributed by atoms with Crippen LogP contribution >= 0.6 is 0 Å². The number of hydrogen-bond acceptors (Lipinski definition) is 3. The predicted octanol–water partition coefficient (Wildman–Crippen LogP) is 2.65. The van der Waals surface area contributed by atoms with Gasteiger partial charge < -0.3 is 15.4 Å². The quantitative estimate of drug-likeness (QED) is 0.855. The van der Waals surface area contributed by atoms with E-state index in [-0.39, 0.29) is 5.91 Å². The highest BCUT2D eigenvalue weighted by atomic mass is 16.5. The second-order valence-corrected chi connectivity index (χ2v) is 5.50. The van der Waals surface area contributed by atoms with Gasteiger partial charge in [-0.15, -0.1) is 0 Å². The Balaban J connectivity index is 2.11. The van der Waals surface area contributed by atoms with Crippen molar-refractivity contribution in [3.05, 3.63) is 65.2 Å². The van der Waals surface area contributed by atoms with Gasteiger partial charge in [-0.25, -0.2) is 0 Å². The predicted molar refractivity (Wildman–Crippen MR) is 92.8 cm³/mol. The minimum atomic E-state index is 0.0199. The van der Waals surface area contributed by atoms with E-state index in [1.165, 1.54) is 5.56 Å². The van der Waals surface area contributed by atoms with Gasteiger partial charge in [0.2, 0.25) is 0 Å². The van der Waals surface area contributed by atoms with Crippen molar-refractivity contribution in [2.24, 2.45) is 5.73 Å². The van der Waals surface area contributed by atoms with Crippen LogP contribution in [0.25, 0.3) is 0 Å². The molecule has 0 bridgehead atoms. The second-order valence-electron chi connectivity index (χ2n) is 5.50. The summed E-state index contributed by atoms with van der Waals surface area (Å²) in [5, 5.41) is 0. The number of carbonyl (C=O) groups excluding carboxylic acids is 1. The summed E-state index contributed by atoms with van der Waals surface area (Å²) in [5.41, 5.74) is 8.51. The lowest BCUT2D eigenvalue weighted by atomic mass is 10.1. The van der Waals surface area contributed by atoms with Gasteiger partial charge in [0, 0.05) is 25.2 Å². The van der Waals surface area contributed by atoms with Gasteiger partial charge in [0.15, 0.2) is 0 Å². The maximum absolute atomic E-state index is 12.8. The first-order valence-corrected chi connectivity index (χ1v) is 7.83. The molecule has 0 heterocycles. The van der Waals surface area contributed by atoms with Crippen molar-refractivity contribution in [3.63, 3.8) is 0 Å². The summed E-state index contributed by atoms with van der Waals surface area (Å²) in [6.07, 6.45) is 0.821. The van der Waals surface area contributed by atoms with E-state index >= 15 is 0 Å². The first kappa shape index (κ1) is 17.0. The number of nitrogens with zero attached hydrogens (tertiary/aromatic N) is 1. The molecule has 0 spiro atoms. The smallest absolute Gasteiger partial charge is 0.254 e. The molecule has 0 aliphatic carbocycles. The fourth-order valence-corrected chi connectivity index (χ4v) is 2.55. The van der Waals surface area contributed by atoms with Gasteiger partial charge in [0.1, 0.15) is 5.75 Å². The molecular formula is C19H24N2O2. The summed E-state index contributed by atoms with van der Waals surface area (Å²) < 4.78 is 5.20. The van der Waals surface area contributed by atoms with Crippen LogP contribution < -0.4 is 10.5 Å². The van der Waals surface area contributed by atoms with E-state index in [2.05, 4.69) is 12.1 Å². The molecule has 0 aliphatic rings. The molecule has 1 amide bonds. The number of rotatable bonds is 7. The van der Waals surface area contributed by atoms with Gasteiger partial charge in [-0.3, -0.25) is 4.79 Å². The molecule has 0 saturated heterocycles. The van der Waals surface area contributed by atoms with E-state index in [1.54, 1.807) is 7.11 Å². The van der Waals surface area contributed by atoms with E-state index < -0.39 is 0 Å². The topological polar surface area (TPSA) is 55.6 Å². The van der Waals surface area contributed by atoms with Crippen molar-refractivity contribution in [1.29, 1.82) is 0 Å². The number of aryl methyl sites for hydroxylation is 1. The van der Waals surface area contributed by atoms with Gasteiger partial charge in [-0.05, 0) is 42.7 Å². The molecule has 23 heavy (non-hydrogen) atoms. The normalized spacial score (nSPS) is 10.4. The number of hydrogen-bond donors (Lipinski definition) is 1. The lowest BCUT2D eigenvalue weighted by molar-refractivity contribution is 0.0761. The number of carbonyl (C=O) groups is 1. The lowest BCUT2D eigenvalue weighted by Crippen LogP contribution is -2.37. The van der Waals surface area contributed by atoms with Crippen LogP contribution in [-0.2, 0) is 6.42 Å². The SMILES string of the molecule is COc1ccc(C(=O)N(CCN)CCc2ccccc2)c(C)c1. The van der Waals surface area contributed by atoms with Crippen LogP contribution in [0.15, 0.2) is 48.5 Å². The molecule has 0 saturated carbocycles. The number of amides is 1. The molecule has 122 valence electrons. The molecule has 0 aliphatic heterocycles. The van der Waals surface area contributed by atoms with Crippen LogP contribution in [0.4, 0.5) is 0 Å². The highest BCUT2D eigenvalue weighted by molar-refractivity contribution is 5.95. The zero-order chi connectivity index (χ0) is 16.7. The van der Waals surface area contributed by atoms with Crippen molar-refractivity contribution in [1.82, 2.24) is 4.90 Å². The molecule has 4 nitrogen and oxygen atoms in total. The number of nitrogens with two attached hydrogens (primary N) is 1. The van der Waals surface area contributed by atoms with Crippen LogP contribution in [0.1, 0.15) is 21.5 Å². The summed E-state index contributed by atoms with van der Waals surface area (Å²) in [6, 6.07) is 15.7. The van der Waals surface area contributed by atoms with Gasteiger partial charge in [-0.2, -0.15) is 0 Å². The third-order valence-electron chi connectivity index (χ3n) is 3.86. The molecule has 2 rings (SSSR count). The van der Waals surface area contributed by atoms with Gasteiger partial charge in [-0.1, -0.05) is 30.3 Å². The third kappa shape index (κ3) is 4.57. The molecule has 0 aromatic heterocycles. The maximum atomic E-state index is 12.8. The van der Waals surface area contributed by atoms with Crippen molar-refractivity contribution in [3.8, 4) is 5.75 Å². The molecule has 0 atom stereocenters. The Labute approximate surface area is 137 Å². The van der Waals surface area contributed by atoms with Crippen LogP contribution in [-0.4, -0.2) is 37.6 Å². The fourth-order valence-electron chi connectivity index (χ4n) is 2.55.